The maximum atomic E-state index is 12.4. The molecule has 10 nitrogen and oxygen atoms in total. The van der Waals surface area contributed by atoms with Crippen molar-refractivity contribution in [2.75, 3.05) is 12.3 Å². The summed E-state index contributed by atoms with van der Waals surface area (Å²) in [6, 6.07) is 16.0. The van der Waals surface area contributed by atoms with Crippen molar-refractivity contribution in [2.24, 2.45) is 4.99 Å². The fourth-order valence-electron chi connectivity index (χ4n) is 3.98. The van der Waals surface area contributed by atoms with Gasteiger partial charge in [0, 0.05) is 18.5 Å². The van der Waals surface area contributed by atoms with Gasteiger partial charge in [-0.1, -0.05) is 29.8 Å². The zero-order valence-electron chi connectivity index (χ0n) is 20.0. The van der Waals surface area contributed by atoms with Gasteiger partial charge in [0.05, 0.1) is 22.3 Å². The van der Waals surface area contributed by atoms with Gasteiger partial charge in [-0.3, -0.25) is 14.5 Å². The van der Waals surface area contributed by atoms with Crippen molar-refractivity contribution in [1.82, 2.24) is 19.8 Å². The summed E-state index contributed by atoms with van der Waals surface area (Å²) >= 11 is 0. The van der Waals surface area contributed by atoms with Crippen LogP contribution in [0.1, 0.15) is 42.1 Å². The number of sulfonamides is 1. The second kappa shape index (κ2) is 10.2. The minimum absolute atomic E-state index is 0.103. The smallest absolute Gasteiger partial charge is 0.263 e. The highest BCUT2D eigenvalue weighted by molar-refractivity contribution is 7.90. The molecule has 0 bridgehead atoms. The van der Waals surface area contributed by atoms with Crippen LogP contribution in [0.5, 0.6) is 0 Å². The van der Waals surface area contributed by atoms with Gasteiger partial charge in [-0.2, -0.15) is 10.4 Å². The zero-order chi connectivity index (χ0) is 25.9. The van der Waals surface area contributed by atoms with Crippen molar-refractivity contribution in [3.63, 3.8) is 0 Å². The molecule has 2 aromatic carbocycles. The summed E-state index contributed by atoms with van der Waals surface area (Å²) in [5.41, 5.74) is 9.46. The van der Waals surface area contributed by atoms with Crippen LogP contribution in [-0.2, 0) is 21.2 Å². The van der Waals surface area contributed by atoms with E-state index in [1.807, 2.05) is 31.2 Å². The number of nitrogen functional groups attached to an aromatic ring is 1. The number of aryl methyl sites for hydroxylation is 2. The Morgan fingerprint density at radius 3 is 2.69 bits per heavy atom. The second-order valence-electron chi connectivity index (χ2n) is 8.65. The Balaban J connectivity index is 1.31. The van der Waals surface area contributed by atoms with E-state index in [2.05, 4.69) is 26.2 Å². The largest absolute Gasteiger partial charge is 0.382 e. The maximum absolute atomic E-state index is 12.4. The van der Waals surface area contributed by atoms with Crippen LogP contribution in [0.3, 0.4) is 0 Å². The summed E-state index contributed by atoms with van der Waals surface area (Å²) in [5.74, 6) is 0.334. The van der Waals surface area contributed by atoms with E-state index in [4.69, 9.17) is 5.73 Å². The van der Waals surface area contributed by atoms with Crippen LogP contribution in [0.15, 0.2) is 58.4 Å². The lowest BCUT2D eigenvalue weighted by Gasteiger charge is -2.09. The number of rotatable bonds is 8. The Hall–Kier alpha value is -4.17. The number of fused-ring (bicyclic) bond motifs is 1. The molecular formula is C25H27N7O3S. The summed E-state index contributed by atoms with van der Waals surface area (Å²) in [6.45, 7) is 4.13. The predicted octanol–water partition coefficient (Wildman–Crippen LogP) is 2.20. The van der Waals surface area contributed by atoms with Crippen LogP contribution >= 0.6 is 0 Å². The number of nitrogens with one attached hydrogen (secondary N) is 2. The SMILES string of the molecule is Cc1ccc(-n2nc(CCCNC(=O)CC(C)N=C3NS(=O)(=O)c4ccccc43)c(C#N)c2N)cc1. The molecule has 186 valence electrons. The number of amides is 1. The van der Waals surface area contributed by atoms with Crippen LogP contribution < -0.4 is 15.8 Å². The first-order valence-corrected chi connectivity index (χ1v) is 13.0. The number of nitriles is 1. The number of benzene rings is 2. The predicted molar refractivity (Wildman–Crippen MR) is 136 cm³/mol. The Labute approximate surface area is 209 Å². The van der Waals surface area contributed by atoms with E-state index in [1.165, 1.54) is 6.07 Å². The highest BCUT2D eigenvalue weighted by atomic mass is 32.2. The van der Waals surface area contributed by atoms with Gasteiger partial charge in [0.1, 0.15) is 23.3 Å². The first kappa shape index (κ1) is 24.9. The lowest BCUT2D eigenvalue weighted by atomic mass is 10.1. The van der Waals surface area contributed by atoms with Crippen LogP contribution in [0.4, 0.5) is 5.82 Å². The number of anilines is 1. The fraction of sp³-hybridized carbons (Fsp3) is 0.280. The highest BCUT2D eigenvalue weighted by Crippen LogP contribution is 2.23. The third-order valence-corrected chi connectivity index (χ3v) is 7.19. The van der Waals surface area contributed by atoms with E-state index in [9.17, 15) is 18.5 Å². The molecule has 36 heavy (non-hydrogen) atoms. The number of hydrogen-bond acceptors (Lipinski definition) is 7. The molecule has 4 rings (SSSR count). The van der Waals surface area contributed by atoms with Gasteiger partial charge in [0.15, 0.2) is 0 Å². The first-order chi connectivity index (χ1) is 17.2. The minimum Gasteiger partial charge on any atom is -0.382 e. The molecule has 0 saturated heterocycles. The normalized spacial score (nSPS) is 15.6. The first-order valence-electron chi connectivity index (χ1n) is 11.5. The second-order valence-corrected chi connectivity index (χ2v) is 10.3. The Morgan fingerprint density at radius 1 is 1.25 bits per heavy atom. The summed E-state index contributed by atoms with van der Waals surface area (Å²) < 4.78 is 28.4. The average molecular weight is 506 g/mol. The van der Waals surface area contributed by atoms with Gasteiger partial charge in [0.25, 0.3) is 10.0 Å². The van der Waals surface area contributed by atoms with Crippen molar-refractivity contribution >= 4 is 27.6 Å². The van der Waals surface area contributed by atoms with Gasteiger partial charge < -0.3 is 11.1 Å². The molecule has 0 fully saturated rings. The molecule has 1 unspecified atom stereocenters. The molecule has 1 atom stereocenters. The molecule has 1 amide bonds. The molecule has 1 aliphatic rings. The van der Waals surface area contributed by atoms with Crippen LogP contribution in [0.2, 0.25) is 0 Å². The van der Waals surface area contributed by atoms with Crippen molar-refractivity contribution in [2.45, 2.75) is 44.0 Å². The number of carbonyl (C=O) groups excluding carboxylic acids is 1. The number of aromatic nitrogens is 2. The monoisotopic (exact) mass is 505 g/mol. The summed E-state index contributed by atoms with van der Waals surface area (Å²) in [5, 5.41) is 16.9. The van der Waals surface area contributed by atoms with E-state index in [0.717, 1.165) is 11.3 Å². The summed E-state index contributed by atoms with van der Waals surface area (Å²) in [4.78, 5) is 17.0. The van der Waals surface area contributed by atoms with Gasteiger partial charge >= 0.3 is 0 Å². The molecule has 0 saturated carbocycles. The third kappa shape index (κ3) is 5.23. The van der Waals surface area contributed by atoms with Gasteiger partial charge in [-0.05, 0) is 51.0 Å². The van der Waals surface area contributed by atoms with Gasteiger partial charge in [-0.25, -0.2) is 13.1 Å². The molecule has 2 heterocycles. The van der Waals surface area contributed by atoms with Crippen LogP contribution in [0.25, 0.3) is 5.69 Å². The maximum Gasteiger partial charge on any atom is 0.263 e. The van der Waals surface area contributed by atoms with E-state index >= 15 is 0 Å². The van der Waals surface area contributed by atoms with E-state index < -0.39 is 16.1 Å². The molecule has 11 heteroatoms. The zero-order valence-corrected chi connectivity index (χ0v) is 20.8. The van der Waals surface area contributed by atoms with Gasteiger partial charge in [-0.15, -0.1) is 0 Å². The molecule has 0 aliphatic carbocycles. The molecule has 1 aliphatic heterocycles. The van der Waals surface area contributed by atoms with Crippen LogP contribution in [0, 0.1) is 18.3 Å². The number of nitrogens with two attached hydrogens (primary N) is 1. The standard InChI is InChI=1S/C25H27N7O3S/c1-16-9-11-18(12-10-16)32-24(27)20(15-26)21(30-32)7-5-13-28-23(33)14-17(2)29-25-19-6-3-4-8-22(19)36(34,35)31-25/h3-4,6,8-12,17H,5,7,13-14,27H2,1-2H3,(H,28,33)(H,29,31). The molecule has 3 aromatic rings. The quantitative estimate of drug-likeness (QED) is 0.399. The van der Waals surface area contributed by atoms with E-state index in [-0.39, 0.29) is 28.9 Å². The number of nitrogens with zero attached hydrogens (tertiary/aromatic N) is 4. The molecular weight excluding hydrogens is 478 g/mol. The molecule has 0 radical (unpaired) electrons. The van der Waals surface area contributed by atoms with Crippen molar-refractivity contribution in [1.29, 1.82) is 5.26 Å². The average Bonchev–Trinajstić information content (AvgIpc) is 3.29. The topological polar surface area (TPSA) is 155 Å². The number of hydrogen-bond donors (Lipinski definition) is 3. The fourth-order valence-corrected chi connectivity index (χ4v) is 5.22. The van der Waals surface area contributed by atoms with Crippen molar-refractivity contribution < 1.29 is 13.2 Å². The minimum atomic E-state index is -3.62. The highest BCUT2D eigenvalue weighted by Gasteiger charge is 2.30. The van der Waals surface area contributed by atoms with E-state index in [0.29, 0.717) is 36.2 Å². The number of carbonyl (C=O) groups is 1. The third-order valence-electron chi connectivity index (χ3n) is 5.79. The Morgan fingerprint density at radius 2 is 1.97 bits per heavy atom. The van der Waals surface area contributed by atoms with Crippen LogP contribution in [-0.4, -0.2) is 42.5 Å². The lowest BCUT2D eigenvalue weighted by Crippen LogP contribution is -2.29. The molecule has 0 spiro atoms. The van der Waals surface area contributed by atoms with Crippen molar-refractivity contribution in [3.05, 3.63) is 70.9 Å². The van der Waals surface area contributed by atoms with E-state index in [1.54, 1.807) is 29.8 Å². The summed E-state index contributed by atoms with van der Waals surface area (Å²) in [6.07, 6.45) is 1.15. The molecule has 1 aromatic heterocycles. The number of aliphatic imine (C=N–C) groups is 1. The Bertz CT molecular complexity index is 1470. The van der Waals surface area contributed by atoms with Gasteiger partial charge in [0.2, 0.25) is 5.91 Å². The number of amidine groups is 1. The summed E-state index contributed by atoms with van der Waals surface area (Å²) in [7, 11) is -3.62. The Kier molecular flexibility index (Phi) is 7.07. The lowest BCUT2D eigenvalue weighted by molar-refractivity contribution is -0.121. The molecule has 4 N–H and O–H groups in total. The van der Waals surface area contributed by atoms with Crippen molar-refractivity contribution in [3.8, 4) is 11.8 Å².